The minimum absolute atomic E-state index is 0.0829. The van der Waals surface area contributed by atoms with Crippen molar-refractivity contribution in [3.05, 3.63) is 52.4 Å². The number of aromatic nitrogens is 1. The predicted molar refractivity (Wildman–Crippen MR) is 107 cm³/mol. The van der Waals surface area contributed by atoms with E-state index in [4.69, 9.17) is 4.52 Å². The summed E-state index contributed by atoms with van der Waals surface area (Å²) >= 11 is 0. The normalized spacial score (nSPS) is 15.8. The second kappa shape index (κ2) is 8.26. The zero-order valence-corrected chi connectivity index (χ0v) is 17.1. The minimum atomic E-state index is -0.0829. The van der Waals surface area contributed by atoms with Gasteiger partial charge in [0.1, 0.15) is 5.56 Å². The summed E-state index contributed by atoms with van der Waals surface area (Å²) in [7, 11) is 0. The smallest absolute Gasteiger partial charge is 0.256 e. The number of carbonyl (C=O) groups is 1. The van der Waals surface area contributed by atoms with Crippen LogP contribution in [0.25, 0.3) is 0 Å². The van der Waals surface area contributed by atoms with E-state index in [1.54, 1.807) is 0 Å². The van der Waals surface area contributed by atoms with E-state index < -0.39 is 0 Å². The average Bonchev–Trinajstić information content (AvgIpc) is 3.03. The van der Waals surface area contributed by atoms with Crippen LogP contribution in [0.4, 0.5) is 0 Å². The molecule has 0 saturated carbocycles. The van der Waals surface area contributed by atoms with E-state index in [2.05, 4.69) is 53.5 Å². The van der Waals surface area contributed by atoms with Crippen LogP contribution in [0.2, 0.25) is 0 Å². The number of fused-ring (bicyclic) bond motifs is 1. The molecule has 3 rings (SSSR count). The Hall–Kier alpha value is -2.14. The Balaban J connectivity index is 1.69. The lowest BCUT2D eigenvalue weighted by molar-refractivity contribution is 0.0901. The van der Waals surface area contributed by atoms with Gasteiger partial charge in [0, 0.05) is 31.6 Å². The van der Waals surface area contributed by atoms with E-state index in [0.29, 0.717) is 35.5 Å². The Morgan fingerprint density at radius 2 is 1.93 bits per heavy atom. The molecular formula is C22H31N3O2. The van der Waals surface area contributed by atoms with Gasteiger partial charge in [-0.2, -0.15) is 0 Å². The second-order valence-corrected chi connectivity index (χ2v) is 8.17. The highest BCUT2D eigenvalue weighted by Gasteiger charge is 2.28. The van der Waals surface area contributed by atoms with Crippen LogP contribution in [0.5, 0.6) is 0 Å². The summed E-state index contributed by atoms with van der Waals surface area (Å²) in [6, 6.07) is 8.96. The maximum absolute atomic E-state index is 12.8. The Morgan fingerprint density at radius 3 is 2.59 bits per heavy atom. The summed E-state index contributed by atoms with van der Waals surface area (Å²) in [5.41, 5.74) is 4.10. The van der Waals surface area contributed by atoms with E-state index >= 15 is 0 Å². The zero-order valence-electron chi connectivity index (χ0n) is 17.1. The summed E-state index contributed by atoms with van der Waals surface area (Å²) in [6.07, 6.45) is 1.07. The highest BCUT2D eigenvalue weighted by atomic mass is 16.5. The van der Waals surface area contributed by atoms with Crippen LogP contribution in [0.3, 0.4) is 0 Å². The molecule has 2 aromatic rings. The molecule has 0 unspecified atom stereocenters. The Morgan fingerprint density at radius 1 is 1.22 bits per heavy atom. The highest BCUT2D eigenvalue weighted by Crippen LogP contribution is 2.24. The van der Waals surface area contributed by atoms with E-state index in [-0.39, 0.29) is 11.8 Å². The van der Waals surface area contributed by atoms with Crippen LogP contribution in [-0.4, -0.2) is 35.1 Å². The van der Waals surface area contributed by atoms with E-state index in [0.717, 1.165) is 19.5 Å². The van der Waals surface area contributed by atoms with Crippen molar-refractivity contribution in [2.24, 2.45) is 5.92 Å². The van der Waals surface area contributed by atoms with Crippen molar-refractivity contribution in [2.75, 3.05) is 13.1 Å². The second-order valence-electron chi connectivity index (χ2n) is 8.17. The van der Waals surface area contributed by atoms with Gasteiger partial charge >= 0.3 is 0 Å². The van der Waals surface area contributed by atoms with Crippen LogP contribution in [0, 0.1) is 12.8 Å². The van der Waals surface area contributed by atoms with Crippen molar-refractivity contribution in [3.8, 4) is 0 Å². The molecule has 1 amide bonds. The molecule has 1 N–H and O–H groups in total. The molecule has 0 bridgehead atoms. The Labute approximate surface area is 162 Å². The first-order chi connectivity index (χ1) is 12.9. The Kier molecular flexibility index (Phi) is 6.00. The third kappa shape index (κ3) is 4.24. The van der Waals surface area contributed by atoms with Crippen LogP contribution in [-0.2, 0) is 13.0 Å². The van der Waals surface area contributed by atoms with Gasteiger partial charge in [0.05, 0.1) is 5.69 Å². The topological polar surface area (TPSA) is 58.4 Å². The third-order valence-corrected chi connectivity index (χ3v) is 5.51. The lowest BCUT2D eigenvalue weighted by atomic mass is 9.95. The van der Waals surface area contributed by atoms with E-state index in [1.165, 1.54) is 11.1 Å². The van der Waals surface area contributed by atoms with Gasteiger partial charge in [0.25, 0.3) is 5.91 Å². The SMILES string of the molecule is Cc1noc(C(C)C)c1C(=O)NC[C@@H](C(C)C)N1CCc2ccccc2C1. The van der Waals surface area contributed by atoms with Gasteiger partial charge in [-0.05, 0) is 30.4 Å². The maximum Gasteiger partial charge on any atom is 0.256 e. The van der Waals surface area contributed by atoms with Crippen molar-refractivity contribution in [3.63, 3.8) is 0 Å². The van der Waals surface area contributed by atoms with Crippen LogP contribution < -0.4 is 5.32 Å². The van der Waals surface area contributed by atoms with Crippen molar-refractivity contribution >= 4 is 5.91 Å². The van der Waals surface area contributed by atoms with E-state index in [1.807, 2.05) is 20.8 Å². The third-order valence-electron chi connectivity index (χ3n) is 5.51. The fourth-order valence-corrected chi connectivity index (χ4v) is 3.93. The van der Waals surface area contributed by atoms with Gasteiger partial charge in [-0.25, -0.2) is 0 Å². The largest absolute Gasteiger partial charge is 0.360 e. The number of aryl methyl sites for hydroxylation is 1. The van der Waals surface area contributed by atoms with Gasteiger partial charge in [0.15, 0.2) is 5.76 Å². The highest BCUT2D eigenvalue weighted by molar-refractivity contribution is 5.96. The number of nitrogens with zero attached hydrogens (tertiary/aromatic N) is 2. The van der Waals surface area contributed by atoms with Crippen LogP contribution >= 0.6 is 0 Å². The Bertz CT molecular complexity index is 795. The molecule has 0 fully saturated rings. The van der Waals surface area contributed by atoms with Gasteiger partial charge in [-0.1, -0.05) is 57.1 Å². The first kappa shape index (κ1) is 19.6. The first-order valence-corrected chi connectivity index (χ1v) is 9.93. The number of nitrogens with one attached hydrogen (secondary N) is 1. The van der Waals surface area contributed by atoms with E-state index in [9.17, 15) is 4.79 Å². The minimum Gasteiger partial charge on any atom is -0.360 e. The lowest BCUT2D eigenvalue weighted by Gasteiger charge is -2.38. The predicted octanol–water partition coefficient (Wildman–Crippen LogP) is 3.92. The molecule has 1 aromatic heterocycles. The number of hydrogen-bond acceptors (Lipinski definition) is 4. The van der Waals surface area contributed by atoms with Crippen molar-refractivity contribution in [1.82, 2.24) is 15.4 Å². The molecule has 0 spiro atoms. The fraction of sp³-hybridized carbons (Fsp3) is 0.545. The number of rotatable bonds is 6. The molecule has 1 aliphatic rings. The van der Waals surface area contributed by atoms with Gasteiger partial charge in [0.2, 0.25) is 0 Å². The van der Waals surface area contributed by atoms with Crippen molar-refractivity contribution in [2.45, 2.75) is 59.5 Å². The van der Waals surface area contributed by atoms with Crippen LogP contribution in [0.15, 0.2) is 28.8 Å². The summed E-state index contributed by atoms with van der Waals surface area (Å²) in [6.45, 7) is 12.9. The summed E-state index contributed by atoms with van der Waals surface area (Å²) in [5, 5.41) is 7.13. The van der Waals surface area contributed by atoms with Crippen molar-refractivity contribution < 1.29 is 9.32 Å². The van der Waals surface area contributed by atoms with Gasteiger partial charge in [-0.15, -0.1) is 0 Å². The molecule has 146 valence electrons. The molecule has 27 heavy (non-hydrogen) atoms. The quantitative estimate of drug-likeness (QED) is 0.838. The number of carbonyl (C=O) groups excluding carboxylic acids is 1. The average molecular weight is 370 g/mol. The molecule has 0 aliphatic carbocycles. The van der Waals surface area contributed by atoms with Crippen LogP contribution in [0.1, 0.15) is 66.6 Å². The fourth-order valence-electron chi connectivity index (χ4n) is 3.93. The number of hydrogen-bond donors (Lipinski definition) is 1. The maximum atomic E-state index is 12.8. The van der Waals surface area contributed by atoms with Crippen molar-refractivity contribution in [1.29, 1.82) is 0 Å². The molecule has 5 heteroatoms. The van der Waals surface area contributed by atoms with Gasteiger partial charge in [-0.3, -0.25) is 9.69 Å². The molecule has 2 heterocycles. The molecular weight excluding hydrogens is 338 g/mol. The zero-order chi connectivity index (χ0) is 19.6. The molecule has 0 radical (unpaired) electrons. The lowest BCUT2D eigenvalue weighted by Crippen LogP contribution is -2.48. The molecule has 0 saturated heterocycles. The molecule has 1 aromatic carbocycles. The molecule has 1 atom stereocenters. The summed E-state index contributed by atoms with van der Waals surface area (Å²) < 4.78 is 5.37. The molecule has 1 aliphatic heterocycles. The standard InChI is InChI=1S/C22H31N3O2/c1-14(2)19(25-11-10-17-8-6-7-9-18(17)13-25)12-23-22(26)20-16(5)24-27-21(20)15(3)4/h6-9,14-15,19H,10-13H2,1-5H3,(H,23,26)/t19-/m0/s1. The van der Waals surface area contributed by atoms with Gasteiger partial charge < -0.3 is 9.84 Å². The number of amides is 1. The summed E-state index contributed by atoms with van der Waals surface area (Å²) in [4.78, 5) is 15.3. The number of benzene rings is 1. The monoisotopic (exact) mass is 369 g/mol. The first-order valence-electron chi connectivity index (χ1n) is 9.93. The molecule has 5 nitrogen and oxygen atoms in total. The summed E-state index contributed by atoms with van der Waals surface area (Å²) in [5.74, 6) is 1.16.